The molecule has 1 amide bonds. The molecule has 1 aromatic carbocycles. The highest BCUT2D eigenvalue weighted by atomic mass is 16.5. The van der Waals surface area contributed by atoms with Gasteiger partial charge in [0.25, 0.3) is 5.91 Å². The standard InChI is InChI=1S/C23H24N6O2/c30-23(19-9-8-17-5-1-2-6-18(17)31-19)29-15-13-28(14-16-29)22-11-10-21(26-27-22)25-20-7-3-4-12-24-20/h1-7,10-12,19H,8-9,13-16H2,(H,24,25,26). The molecule has 1 fully saturated rings. The second kappa shape index (κ2) is 8.59. The van der Waals surface area contributed by atoms with Crippen LogP contribution in [0.1, 0.15) is 12.0 Å². The van der Waals surface area contributed by atoms with Gasteiger partial charge in [-0.1, -0.05) is 24.3 Å². The first-order valence-corrected chi connectivity index (χ1v) is 10.6. The number of fused-ring (bicyclic) bond motifs is 1. The lowest BCUT2D eigenvalue weighted by Crippen LogP contribution is -2.53. The molecule has 2 aliphatic rings. The van der Waals surface area contributed by atoms with Crippen LogP contribution in [0.4, 0.5) is 17.5 Å². The van der Waals surface area contributed by atoms with Crippen molar-refractivity contribution in [2.45, 2.75) is 18.9 Å². The number of pyridine rings is 1. The zero-order valence-corrected chi connectivity index (χ0v) is 17.1. The van der Waals surface area contributed by atoms with Crippen molar-refractivity contribution in [2.24, 2.45) is 0 Å². The van der Waals surface area contributed by atoms with E-state index in [2.05, 4.69) is 31.5 Å². The number of rotatable bonds is 4. The summed E-state index contributed by atoms with van der Waals surface area (Å²) in [5.41, 5.74) is 1.18. The number of carbonyl (C=O) groups excluding carboxylic acids is 1. The number of benzene rings is 1. The minimum atomic E-state index is -0.391. The Bertz CT molecular complexity index is 1040. The molecular weight excluding hydrogens is 392 g/mol. The molecule has 0 bridgehead atoms. The maximum Gasteiger partial charge on any atom is 0.263 e. The number of ether oxygens (including phenoxy) is 1. The minimum absolute atomic E-state index is 0.0788. The summed E-state index contributed by atoms with van der Waals surface area (Å²) in [6.07, 6.45) is 2.94. The highest BCUT2D eigenvalue weighted by Gasteiger charge is 2.31. The van der Waals surface area contributed by atoms with Crippen LogP contribution in [0, 0.1) is 0 Å². The third kappa shape index (κ3) is 4.28. The number of carbonyl (C=O) groups is 1. The van der Waals surface area contributed by atoms with Crippen molar-refractivity contribution in [2.75, 3.05) is 36.4 Å². The number of piperazine rings is 1. The van der Waals surface area contributed by atoms with E-state index in [0.717, 1.165) is 43.3 Å². The monoisotopic (exact) mass is 416 g/mol. The van der Waals surface area contributed by atoms with Gasteiger partial charge in [0.05, 0.1) is 0 Å². The van der Waals surface area contributed by atoms with Gasteiger partial charge < -0.3 is 19.9 Å². The van der Waals surface area contributed by atoms with E-state index < -0.39 is 6.10 Å². The molecule has 0 spiro atoms. The van der Waals surface area contributed by atoms with E-state index in [9.17, 15) is 4.79 Å². The van der Waals surface area contributed by atoms with Gasteiger partial charge in [-0.25, -0.2) is 4.98 Å². The second-order valence-electron chi connectivity index (χ2n) is 7.68. The molecule has 3 aromatic rings. The molecule has 5 rings (SSSR count). The SMILES string of the molecule is O=C(C1CCc2ccccc2O1)N1CCN(c2ccc(Nc3ccccn3)nn2)CC1. The lowest BCUT2D eigenvalue weighted by Gasteiger charge is -2.37. The van der Waals surface area contributed by atoms with Crippen molar-refractivity contribution in [3.63, 3.8) is 0 Å². The van der Waals surface area contributed by atoms with Crippen LogP contribution in [0.5, 0.6) is 5.75 Å². The molecule has 1 saturated heterocycles. The van der Waals surface area contributed by atoms with Crippen LogP contribution in [-0.2, 0) is 11.2 Å². The van der Waals surface area contributed by atoms with Gasteiger partial charge >= 0.3 is 0 Å². The number of anilines is 3. The molecule has 8 heteroatoms. The Labute approximate surface area is 180 Å². The maximum atomic E-state index is 13.0. The summed E-state index contributed by atoms with van der Waals surface area (Å²) in [5, 5.41) is 11.7. The first kappa shape index (κ1) is 19.3. The van der Waals surface area contributed by atoms with Gasteiger partial charge in [0.2, 0.25) is 0 Å². The smallest absolute Gasteiger partial charge is 0.263 e. The first-order valence-electron chi connectivity index (χ1n) is 10.6. The van der Waals surface area contributed by atoms with Crippen molar-refractivity contribution in [1.29, 1.82) is 0 Å². The van der Waals surface area contributed by atoms with Gasteiger partial charge in [-0.2, -0.15) is 0 Å². The van der Waals surface area contributed by atoms with Gasteiger partial charge in [0, 0.05) is 32.4 Å². The largest absolute Gasteiger partial charge is 0.480 e. The van der Waals surface area contributed by atoms with Crippen LogP contribution in [0.15, 0.2) is 60.8 Å². The van der Waals surface area contributed by atoms with E-state index in [4.69, 9.17) is 4.74 Å². The number of aromatic nitrogens is 3. The number of nitrogens with one attached hydrogen (secondary N) is 1. The summed E-state index contributed by atoms with van der Waals surface area (Å²) < 4.78 is 5.98. The fourth-order valence-corrected chi connectivity index (χ4v) is 3.99. The van der Waals surface area contributed by atoms with E-state index in [0.29, 0.717) is 18.9 Å². The normalized spacial score (nSPS) is 18.1. The number of aryl methyl sites for hydroxylation is 1. The summed E-state index contributed by atoms with van der Waals surface area (Å²) in [7, 11) is 0. The predicted molar refractivity (Wildman–Crippen MR) is 118 cm³/mol. The molecule has 158 valence electrons. The number of hydrogen-bond donors (Lipinski definition) is 1. The molecule has 31 heavy (non-hydrogen) atoms. The van der Waals surface area contributed by atoms with Crippen LogP contribution in [0.25, 0.3) is 0 Å². The highest BCUT2D eigenvalue weighted by molar-refractivity contribution is 5.82. The fourth-order valence-electron chi connectivity index (χ4n) is 3.99. The predicted octanol–water partition coefficient (Wildman–Crippen LogP) is 2.66. The molecule has 2 aromatic heterocycles. The van der Waals surface area contributed by atoms with Crippen molar-refractivity contribution >= 4 is 23.4 Å². The Kier molecular flexibility index (Phi) is 5.35. The lowest BCUT2D eigenvalue weighted by molar-refractivity contribution is -0.139. The van der Waals surface area contributed by atoms with E-state index in [1.54, 1.807) is 6.20 Å². The Morgan fingerprint density at radius 1 is 0.935 bits per heavy atom. The molecule has 0 radical (unpaired) electrons. The summed E-state index contributed by atoms with van der Waals surface area (Å²) in [6, 6.07) is 17.4. The summed E-state index contributed by atoms with van der Waals surface area (Å²) >= 11 is 0. The van der Waals surface area contributed by atoms with Gasteiger partial charge in [-0.05, 0) is 48.7 Å². The molecule has 0 aliphatic carbocycles. The molecule has 4 heterocycles. The Hall–Kier alpha value is -3.68. The molecular formula is C23H24N6O2. The number of nitrogens with zero attached hydrogens (tertiary/aromatic N) is 5. The second-order valence-corrected chi connectivity index (χ2v) is 7.68. The summed E-state index contributed by atoms with van der Waals surface area (Å²) in [5.74, 6) is 3.09. The average molecular weight is 416 g/mol. The van der Waals surface area contributed by atoms with Gasteiger partial charge in [-0.15, -0.1) is 10.2 Å². The van der Waals surface area contributed by atoms with E-state index >= 15 is 0 Å². The van der Waals surface area contributed by atoms with Crippen LogP contribution in [0.2, 0.25) is 0 Å². The van der Waals surface area contributed by atoms with E-state index in [1.165, 1.54) is 5.56 Å². The van der Waals surface area contributed by atoms with Crippen molar-refractivity contribution in [1.82, 2.24) is 20.1 Å². The Balaban J connectivity index is 1.16. The highest BCUT2D eigenvalue weighted by Crippen LogP contribution is 2.28. The van der Waals surface area contributed by atoms with Gasteiger partial charge in [-0.3, -0.25) is 4.79 Å². The number of para-hydroxylation sites is 1. The van der Waals surface area contributed by atoms with Crippen LogP contribution < -0.4 is 15.0 Å². The topological polar surface area (TPSA) is 83.5 Å². The van der Waals surface area contributed by atoms with Crippen LogP contribution in [-0.4, -0.2) is 58.3 Å². The molecule has 1 unspecified atom stereocenters. The number of hydrogen-bond acceptors (Lipinski definition) is 7. The van der Waals surface area contributed by atoms with Gasteiger partial charge in [0.1, 0.15) is 11.6 Å². The molecule has 1 N–H and O–H groups in total. The Morgan fingerprint density at radius 3 is 2.55 bits per heavy atom. The molecule has 1 atom stereocenters. The van der Waals surface area contributed by atoms with Crippen molar-refractivity contribution in [3.05, 3.63) is 66.4 Å². The van der Waals surface area contributed by atoms with Crippen LogP contribution >= 0.6 is 0 Å². The summed E-state index contributed by atoms with van der Waals surface area (Å²) in [4.78, 5) is 21.2. The quantitative estimate of drug-likeness (QED) is 0.700. The minimum Gasteiger partial charge on any atom is -0.480 e. The van der Waals surface area contributed by atoms with Crippen molar-refractivity contribution < 1.29 is 9.53 Å². The Morgan fingerprint density at radius 2 is 1.77 bits per heavy atom. The molecule has 8 nitrogen and oxygen atoms in total. The summed E-state index contributed by atoms with van der Waals surface area (Å²) in [6.45, 7) is 2.74. The average Bonchev–Trinajstić information content (AvgIpc) is 2.84. The van der Waals surface area contributed by atoms with Crippen LogP contribution in [0.3, 0.4) is 0 Å². The first-order chi connectivity index (χ1) is 15.3. The third-order valence-corrected chi connectivity index (χ3v) is 5.68. The van der Waals surface area contributed by atoms with E-state index in [-0.39, 0.29) is 5.91 Å². The molecule has 2 aliphatic heterocycles. The third-order valence-electron chi connectivity index (χ3n) is 5.68. The number of amides is 1. The zero-order chi connectivity index (χ0) is 21.0. The zero-order valence-electron chi connectivity index (χ0n) is 17.1. The molecule has 0 saturated carbocycles. The van der Waals surface area contributed by atoms with E-state index in [1.807, 2.05) is 53.4 Å². The van der Waals surface area contributed by atoms with Crippen molar-refractivity contribution in [3.8, 4) is 5.75 Å². The van der Waals surface area contributed by atoms with Gasteiger partial charge in [0.15, 0.2) is 17.7 Å². The fraction of sp³-hybridized carbons (Fsp3) is 0.304. The lowest BCUT2D eigenvalue weighted by atomic mass is 10.0. The maximum absolute atomic E-state index is 13.0.